The number of amides is 1. The van der Waals surface area contributed by atoms with E-state index >= 15 is 0 Å². The molecule has 12 heavy (non-hydrogen) atoms. The fourth-order valence-electron chi connectivity index (χ4n) is 0.830. The van der Waals surface area contributed by atoms with Crippen molar-refractivity contribution in [2.45, 2.75) is 20.4 Å². The van der Waals surface area contributed by atoms with E-state index in [2.05, 4.69) is 10.3 Å². The summed E-state index contributed by atoms with van der Waals surface area (Å²) in [6.07, 6.45) is 1.77. The summed E-state index contributed by atoms with van der Waals surface area (Å²) >= 11 is 0. The van der Waals surface area contributed by atoms with Crippen LogP contribution in [0.25, 0.3) is 0 Å². The molecule has 1 aromatic rings. The van der Waals surface area contributed by atoms with Crippen LogP contribution >= 0.6 is 0 Å². The molecule has 0 spiro atoms. The fourth-order valence-corrected chi connectivity index (χ4v) is 0.830. The van der Waals surface area contributed by atoms with E-state index in [0.29, 0.717) is 6.54 Å². The molecule has 0 radical (unpaired) electrons. The Morgan fingerprint density at radius 2 is 2.33 bits per heavy atom. The lowest BCUT2D eigenvalue weighted by molar-refractivity contribution is -0.119. The molecule has 3 nitrogen and oxygen atoms in total. The van der Waals surface area contributed by atoms with Crippen LogP contribution < -0.4 is 5.32 Å². The van der Waals surface area contributed by atoms with Gasteiger partial charge in [-0.1, -0.05) is 6.07 Å². The van der Waals surface area contributed by atoms with Gasteiger partial charge in [-0.15, -0.1) is 0 Å². The van der Waals surface area contributed by atoms with Crippen molar-refractivity contribution in [3.8, 4) is 0 Å². The Morgan fingerprint density at radius 3 is 2.83 bits per heavy atom. The van der Waals surface area contributed by atoms with Crippen LogP contribution in [0.3, 0.4) is 0 Å². The number of carbonyl (C=O) groups excluding carboxylic acids is 1. The van der Waals surface area contributed by atoms with Gasteiger partial charge in [0.05, 0.1) is 0 Å². The lowest BCUT2D eigenvalue weighted by Gasteiger charge is -2.01. The van der Waals surface area contributed by atoms with Gasteiger partial charge in [0, 0.05) is 25.4 Å². The topological polar surface area (TPSA) is 42.0 Å². The second kappa shape index (κ2) is 3.85. The van der Waals surface area contributed by atoms with Crippen LogP contribution in [0.4, 0.5) is 0 Å². The minimum atomic E-state index is -0.0180. The van der Waals surface area contributed by atoms with Crippen LogP contribution in [0.15, 0.2) is 18.3 Å². The Morgan fingerprint density at radius 1 is 1.58 bits per heavy atom. The van der Waals surface area contributed by atoms with Gasteiger partial charge in [0.1, 0.15) is 0 Å². The summed E-state index contributed by atoms with van der Waals surface area (Å²) in [6, 6.07) is 3.88. The predicted molar refractivity (Wildman–Crippen MR) is 46.5 cm³/mol. The molecule has 0 unspecified atom stereocenters. The largest absolute Gasteiger partial charge is 0.352 e. The van der Waals surface area contributed by atoms with Crippen molar-refractivity contribution in [1.29, 1.82) is 0 Å². The van der Waals surface area contributed by atoms with Crippen molar-refractivity contribution in [1.82, 2.24) is 10.3 Å². The van der Waals surface area contributed by atoms with Crippen molar-refractivity contribution in [3.63, 3.8) is 0 Å². The molecule has 64 valence electrons. The summed E-state index contributed by atoms with van der Waals surface area (Å²) in [7, 11) is 0. The first-order chi connectivity index (χ1) is 5.68. The van der Waals surface area contributed by atoms with E-state index in [4.69, 9.17) is 0 Å². The molecular formula is C9H12N2O. The number of carbonyl (C=O) groups is 1. The van der Waals surface area contributed by atoms with Crippen LogP contribution in [0.5, 0.6) is 0 Å². The first kappa shape index (κ1) is 8.71. The molecule has 1 amide bonds. The van der Waals surface area contributed by atoms with Crippen LogP contribution in [0.1, 0.15) is 18.2 Å². The van der Waals surface area contributed by atoms with Gasteiger partial charge in [0.2, 0.25) is 5.91 Å². The Balaban J connectivity index is 2.53. The SMILES string of the molecule is CC(=O)NCc1ccc(C)nc1. The second-order valence-corrected chi connectivity index (χ2v) is 2.72. The Bertz CT molecular complexity index is 266. The van der Waals surface area contributed by atoms with Crippen LogP contribution in [0, 0.1) is 6.92 Å². The monoisotopic (exact) mass is 164 g/mol. The molecule has 0 atom stereocenters. The number of hydrogen-bond acceptors (Lipinski definition) is 2. The van der Waals surface area contributed by atoms with Gasteiger partial charge < -0.3 is 5.32 Å². The van der Waals surface area contributed by atoms with E-state index in [1.807, 2.05) is 19.1 Å². The number of aryl methyl sites for hydroxylation is 1. The summed E-state index contributed by atoms with van der Waals surface area (Å²) in [4.78, 5) is 14.7. The standard InChI is InChI=1S/C9H12N2O/c1-7-3-4-9(5-10-7)6-11-8(2)12/h3-5H,6H2,1-2H3,(H,11,12). The molecule has 1 rings (SSSR count). The van der Waals surface area contributed by atoms with Crippen molar-refractivity contribution >= 4 is 5.91 Å². The molecule has 1 heterocycles. The molecule has 0 aliphatic rings. The van der Waals surface area contributed by atoms with E-state index in [9.17, 15) is 4.79 Å². The summed E-state index contributed by atoms with van der Waals surface area (Å²) in [5, 5.41) is 2.70. The molecule has 0 aliphatic carbocycles. The van der Waals surface area contributed by atoms with Gasteiger partial charge in [0.15, 0.2) is 0 Å². The number of rotatable bonds is 2. The zero-order chi connectivity index (χ0) is 8.97. The van der Waals surface area contributed by atoms with Gasteiger partial charge >= 0.3 is 0 Å². The van der Waals surface area contributed by atoms with Gasteiger partial charge in [-0.25, -0.2) is 0 Å². The lowest BCUT2D eigenvalue weighted by Crippen LogP contribution is -2.18. The Hall–Kier alpha value is -1.38. The van der Waals surface area contributed by atoms with Crippen LogP contribution in [-0.2, 0) is 11.3 Å². The van der Waals surface area contributed by atoms with Crippen molar-refractivity contribution in [2.24, 2.45) is 0 Å². The van der Waals surface area contributed by atoms with Crippen LogP contribution in [-0.4, -0.2) is 10.9 Å². The highest BCUT2D eigenvalue weighted by molar-refractivity contribution is 5.72. The molecule has 0 aromatic carbocycles. The highest BCUT2D eigenvalue weighted by atomic mass is 16.1. The van der Waals surface area contributed by atoms with Crippen LogP contribution in [0.2, 0.25) is 0 Å². The second-order valence-electron chi connectivity index (χ2n) is 2.72. The van der Waals surface area contributed by atoms with Gasteiger partial charge in [-0.05, 0) is 18.6 Å². The first-order valence-corrected chi connectivity index (χ1v) is 3.84. The molecule has 1 N–H and O–H groups in total. The molecular weight excluding hydrogens is 152 g/mol. The minimum absolute atomic E-state index is 0.0180. The summed E-state index contributed by atoms with van der Waals surface area (Å²) < 4.78 is 0. The van der Waals surface area contributed by atoms with E-state index in [1.54, 1.807) is 6.20 Å². The number of aromatic nitrogens is 1. The van der Waals surface area contributed by atoms with E-state index in [-0.39, 0.29) is 5.91 Å². The molecule has 1 aromatic heterocycles. The average Bonchev–Trinajstić information content (AvgIpc) is 2.03. The maximum Gasteiger partial charge on any atom is 0.217 e. The van der Waals surface area contributed by atoms with E-state index in [0.717, 1.165) is 11.3 Å². The highest BCUT2D eigenvalue weighted by Gasteiger charge is 1.93. The Kier molecular flexibility index (Phi) is 2.80. The molecule has 3 heteroatoms. The quantitative estimate of drug-likeness (QED) is 0.709. The third kappa shape index (κ3) is 2.70. The lowest BCUT2D eigenvalue weighted by atomic mass is 10.2. The van der Waals surface area contributed by atoms with Crippen molar-refractivity contribution in [2.75, 3.05) is 0 Å². The number of pyridine rings is 1. The van der Waals surface area contributed by atoms with Gasteiger partial charge in [-0.3, -0.25) is 9.78 Å². The van der Waals surface area contributed by atoms with Gasteiger partial charge in [-0.2, -0.15) is 0 Å². The number of nitrogens with one attached hydrogen (secondary N) is 1. The summed E-state index contributed by atoms with van der Waals surface area (Å²) in [6.45, 7) is 3.99. The zero-order valence-corrected chi connectivity index (χ0v) is 7.29. The zero-order valence-electron chi connectivity index (χ0n) is 7.29. The third-order valence-corrected chi connectivity index (χ3v) is 1.51. The predicted octanol–water partition coefficient (Wildman–Crippen LogP) is 1.03. The summed E-state index contributed by atoms with van der Waals surface area (Å²) in [5.41, 5.74) is 2.01. The molecule has 0 saturated carbocycles. The maximum absolute atomic E-state index is 10.6. The smallest absolute Gasteiger partial charge is 0.217 e. The molecule has 0 bridgehead atoms. The van der Waals surface area contributed by atoms with Crippen molar-refractivity contribution in [3.05, 3.63) is 29.6 Å². The molecule has 0 aliphatic heterocycles. The van der Waals surface area contributed by atoms with Crippen molar-refractivity contribution < 1.29 is 4.79 Å². The molecule has 0 saturated heterocycles. The van der Waals surface area contributed by atoms with Gasteiger partial charge in [0.25, 0.3) is 0 Å². The van der Waals surface area contributed by atoms with E-state index in [1.165, 1.54) is 6.92 Å². The first-order valence-electron chi connectivity index (χ1n) is 3.84. The Labute approximate surface area is 71.8 Å². The highest BCUT2D eigenvalue weighted by Crippen LogP contribution is 1.97. The normalized spacial score (nSPS) is 9.50. The molecule has 0 fully saturated rings. The fraction of sp³-hybridized carbons (Fsp3) is 0.333. The maximum atomic E-state index is 10.6. The number of hydrogen-bond donors (Lipinski definition) is 1. The minimum Gasteiger partial charge on any atom is -0.352 e. The average molecular weight is 164 g/mol. The number of nitrogens with zero attached hydrogens (tertiary/aromatic N) is 1. The summed E-state index contributed by atoms with van der Waals surface area (Å²) in [5.74, 6) is -0.0180. The third-order valence-electron chi connectivity index (χ3n) is 1.51. The van der Waals surface area contributed by atoms with E-state index < -0.39 is 0 Å².